The Morgan fingerprint density at radius 3 is 2.12 bits per heavy atom. The fourth-order valence-corrected chi connectivity index (χ4v) is 6.29. The summed E-state index contributed by atoms with van der Waals surface area (Å²) < 4.78 is 52.9. The molecule has 11 heteroatoms. The SMILES string of the molecule is CN1CCN(c2nc(NS(=O)(=O)c3ccccc3S(C)(=O)=O)cc3ccccc23)CC1.Cl. The van der Waals surface area contributed by atoms with Crippen LogP contribution in [-0.4, -0.2) is 66.2 Å². The summed E-state index contributed by atoms with van der Waals surface area (Å²) in [4.78, 5) is 8.45. The van der Waals surface area contributed by atoms with Crippen molar-refractivity contribution in [2.24, 2.45) is 0 Å². The van der Waals surface area contributed by atoms with Crippen LogP contribution in [0.25, 0.3) is 10.8 Å². The Morgan fingerprint density at radius 1 is 0.875 bits per heavy atom. The summed E-state index contributed by atoms with van der Waals surface area (Å²) >= 11 is 0. The van der Waals surface area contributed by atoms with Crippen molar-refractivity contribution in [1.29, 1.82) is 0 Å². The zero-order valence-corrected chi connectivity index (χ0v) is 20.2. The fraction of sp³-hybridized carbons (Fsp3) is 0.286. The molecule has 32 heavy (non-hydrogen) atoms. The van der Waals surface area contributed by atoms with E-state index in [0.717, 1.165) is 43.2 Å². The standard InChI is InChI=1S/C21H24N4O4S2.ClH/c1-24-11-13-25(14-12-24)21-17-8-4-3-7-16(17)15-20(22-21)23-31(28,29)19-10-6-5-9-18(19)30(2,26)27;/h3-10,15H,11-14H2,1-2H3,(H,22,23);1H. The number of benzene rings is 2. The summed E-state index contributed by atoms with van der Waals surface area (Å²) in [5.41, 5.74) is 0. The highest BCUT2D eigenvalue weighted by Crippen LogP contribution is 2.30. The first-order chi connectivity index (χ1) is 14.6. The third-order valence-electron chi connectivity index (χ3n) is 5.30. The summed E-state index contributed by atoms with van der Waals surface area (Å²) in [6.45, 7) is 3.32. The van der Waals surface area contributed by atoms with E-state index < -0.39 is 19.9 Å². The van der Waals surface area contributed by atoms with Crippen molar-refractivity contribution >= 4 is 54.7 Å². The highest BCUT2D eigenvalue weighted by atomic mass is 35.5. The summed E-state index contributed by atoms with van der Waals surface area (Å²) in [6.07, 6.45) is 0.987. The van der Waals surface area contributed by atoms with Gasteiger partial charge in [0, 0.05) is 37.8 Å². The number of likely N-dealkylation sites (N-methyl/N-ethyl adjacent to an activating group) is 1. The lowest BCUT2D eigenvalue weighted by Crippen LogP contribution is -2.45. The first-order valence-corrected chi connectivity index (χ1v) is 13.2. The van der Waals surface area contributed by atoms with E-state index in [1.165, 1.54) is 24.3 Å². The average Bonchev–Trinajstić information content (AvgIpc) is 2.73. The van der Waals surface area contributed by atoms with Crippen molar-refractivity contribution < 1.29 is 16.8 Å². The van der Waals surface area contributed by atoms with E-state index in [-0.39, 0.29) is 28.0 Å². The molecule has 1 aromatic heterocycles. The molecule has 172 valence electrons. The van der Waals surface area contributed by atoms with Gasteiger partial charge in [-0.3, -0.25) is 4.72 Å². The van der Waals surface area contributed by atoms with Gasteiger partial charge in [-0.25, -0.2) is 21.8 Å². The number of hydrogen-bond donors (Lipinski definition) is 1. The monoisotopic (exact) mass is 496 g/mol. The van der Waals surface area contributed by atoms with Gasteiger partial charge in [-0.05, 0) is 30.6 Å². The number of piperazine rings is 1. The number of halogens is 1. The number of nitrogens with zero attached hydrogens (tertiary/aromatic N) is 3. The molecule has 3 aromatic rings. The van der Waals surface area contributed by atoms with Crippen LogP contribution in [0.2, 0.25) is 0 Å². The van der Waals surface area contributed by atoms with Crippen LogP contribution in [0.15, 0.2) is 64.4 Å². The molecular formula is C21H25ClN4O4S2. The number of hydrogen-bond acceptors (Lipinski definition) is 7. The van der Waals surface area contributed by atoms with Gasteiger partial charge in [-0.1, -0.05) is 36.4 Å². The molecule has 8 nitrogen and oxygen atoms in total. The van der Waals surface area contributed by atoms with Gasteiger partial charge in [-0.2, -0.15) is 0 Å². The number of sulfone groups is 1. The highest BCUT2D eigenvalue weighted by Gasteiger charge is 2.25. The third kappa shape index (κ3) is 4.98. The number of sulfonamides is 1. The fourth-order valence-electron chi connectivity index (χ4n) is 3.66. The van der Waals surface area contributed by atoms with Crippen molar-refractivity contribution in [2.75, 3.05) is 49.1 Å². The number of fused-ring (bicyclic) bond motifs is 1. The zero-order chi connectivity index (χ0) is 22.2. The van der Waals surface area contributed by atoms with E-state index in [2.05, 4.69) is 26.6 Å². The Kier molecular flexibility index (Phi) is 6.99. The average molecular weight is 497 g/mol. The second-order valence-corrected chi connectivity index (χ2v) is 11.3. The first-order valence-electron chi connectivity index (χ1n) is 9.80. The van der Waals surface area contributed by atoms with Crippen molar-refractivity contribution in [3.63, 3.8) is 0 Å². The maximum absolute atomic E-state index is 13.1. The summed E-state index contributed by atoms with van der Waals surface area (Å²) in [5, 5.41) is 1.78. The smallest absolute Gasteiger partial charge is 0.264 e. The largest absolute Gasteiger partial charge is 0.353 e. The van der Waals surface area contributed by atoms with Crippen LogP contribution in [0, 0.1) is 0 Å². The van der Waals surface area contributed by atoms with E-state index in [0.29, 0.717) is 5.82 Å². The molecule has 1 saturated heterocycles. The molecule has 4 rings (SSSR count). The molecule has 1 fully saturated rings. The topological polar surface area (TPSA) is 99.7 Å². The Balaban J connectivity index is 0.00000289. The number of nitrogens with one attached hydrogen (secondary N) is 1. The molecule has 0 saturated carbocycles. The number of pyridine rings is 1. The molecule has 2 aromatic carbocycles. The molecule has 1 aliphatic heterocycles. The molecule has 0 aliphatic carbocycles. The molecule has 0 amide bonds. The molecular weight excluding hydrogens is 472 g/mol. The van der Waals surface area contributed by atoms with E-state index in [1.54, 1.807) is 6.07 Å². The normalized spacial score (nSPS) is 15.4. The third-order valence-corrected chi connectivity index (χ3v) is 8.00. The molecule has 0 radical (unpaired) electrons. The second-order valence-electron chi connectivity index (χ2n) is 7.67. The lowest BCUT2D eigenvalue weighted by Gasteiger charge is -2.34. The van der Waals surface area contributed by atoms with Gasteiger partial charge < -0.3 is 9.80 Å². The highest BCUT2D eigenvalue weighted by molar-refractivity contribution is 7.95. The van der Waals surface area contributed by atoms with Crippen molar-refractivity contribution in [2.45, 2.75) is 9.79 Å². The molecule has 0 atom stereocenters. The second kappa shape index (κ2) is 9.22. The van der Waals surface area contributed by atoms with Gasteiger partial charge in [0.25, 0.3) is 10.0 Å². The van der Waals surface area contributed by atoms with Gasteiger partial charge in [0.1, 0.15) is 16.5 Å². The quantitative estimate of drug-likeness (QED) is 0.579. The van der Waals surface area contributed by atoms with Crippen LogP contribution in [0.1, 0.15) is 0 Å². The van der Waals surface area contributed by atoms with Crippen LogP contribution < -0.4 is 9.62 Å². The zero-order valence-electron chi connectivity index (χ0n) is 17.7. The Morgan fingerprint density at radius 2 is 1.47 bits per heavy atom. The Hall–Kier alpha value is -2.40. The minimum Gasteiger partial charge on any atom is -0.353 e. The van der Waals surface area contributed by atoms with Gasteiger partial charge in [0.15, 0.2) is 9.84 Å². The van der Waals surface area contributed by atoms with Crippen LogP contribution in [0.5, 0.6) is 0 Å². The molecule has 0 spiro atoms. The van der Waals surface area contributed by atoms with E-state index in [9.17, 15) is 16.8 Å². The minimum absolute atomic E-state index is 0. The lowest BCUT2D eigenvalue weighted by molar-refractivity contribution is 0.312. The van der Waals surface area contributed by atoms with Crippen LogP contribution >= 0.6 is 12.4 Å². The maximum atomic E-state index is 13.1. The lowest BCUT2D eigenvalue weighted by atomic mass is 10.1. The van der Waals surface area contributed by atoms with E-state index >= 15 is 0 Å². The molecule has 1 aliphatic rings. The van der Waals surface area contributed by atoms with Gasteiger partial charge >= 0.3 is 0 Å². The predicted molar refractivity (Wildman–Crippen MR) is 129 cm³/mol. The molecule has 0 bridgehead atoms. The number of aromatic nitrogens is 1. The summed E-state index contributed by atoms with van der Waals surface area (Å²) in [7, 11) is -5.83. The maximum Gasteiger partial charge on any atom is 0.264 e. The van der Waals surface area contributed by atoms with Crippen LogP contribution in [-0.2, 0) is 19.9 Å². The number of rotatable bonds is 5. The van der Waals surface area contributed by atoms with Crippen molar-refractivity contribution in [1.82, 2.24) is 9.88 Å². The van der Waals surface area contributed by atoms with E-state index in [1.807, 2.05) is 24.3 Å². The van der Waals surface area contributed by atoms with Crippen molar-refractivity contribution in [3.05, 3.63) is 54.6 Å². The van der Waals surface area contributed by atoms with Gasteiger partial charge in [-0.15, -0.1) is 12.4 Å². The van der Waals surface area contributed by atoms with Gasteiger partial charge in [0.2, 0.25) is 0 Å². The van der Waals surface area contributed by atoms with Gasteiger partial charge in [0.05, 0.1) is 4.90 Å². The Labute approximate surface area is 194 Å². The van der Waals surface area contributed by atoms with Crippen LogP contribution in [0.3, 0.4) is 0 Å². The van der Waals surface area contributed by atoms with E-state index in [4.69, 9.17) is 0 Å². The minimum atomic E-state index is -4.17. The first kappa shape index (κ1) is 24.2. The predicted octanol–water partition coefficient (Wildman–Crippen LogP) is 2.61. The molecule has 0 unspecified atom stereocenters. The molecule has 2 heterocycles. The Bertz CT molecular complexity index is 1340. The molecule has 1 N–H and O–H groups in total. The van der Waals surface area contributed by atoms with Crippen molar-refractivity contribution in [3.8, 4) is 0 Å². The summed E-state index contributed by atoms with van der Waals surface area (Å²) in [5.74, 6) is 0.858. The van der Waals surface area contributed by atoms with Crippen LogP contribution in [0.4, 0.5) is 11.6 Å². The number of anilines is 2. The summed E-state index contributed by atoms with van der Waals surface area (Å²) in [6, 6.07) is 14.9.